The summed E-state index contributed by atoms with van der Waals surface area (Å²) in [6.07, 6.45) is 0. The van der Waals surface area contributed by atoms with Gasteiger partial charge in [-0.2, -0.15) is 0 Å². The highest BCUT2D eigenvalue weighted by Gasteiger charge is 2.34. The Labute approximate surface area is 186 Å². The highest BCUT2D eigenvalue weighted by atomic mass is 35.5. The van der Waals surface area contributed by atoms with E-state index < -0.39 is 0 Å². The van der Waals surface area contributed by atoms with Crippen LogP contribution in [0.1, 0.15) is 24.1 Å². The zero-order chi connectivity index (χ0) is 18.6. The van der Waals surface area contributed by atoms with Crippen LogP contribution in [0.4, 0.5) is 0 Å². The smallest absolute Gasteiger partial charge is 0.225 e. The Balaban J connectivity index is 0.00000150. The number of rotatable bonds is 5. The van der Waals surface area contributed by atoms with Gasteiger partial charge in [0.05, 0.1) is 6.04 Å². The van der Waals surface area contributed by atoms with Crippen LogP contribution in [-0.4, -0.2) is 55.0 Å². The Hall–Kier alpha value is -1.59. The molecule has 6 heteroatoms. The molecule has 0 spiro atoms. The average molecular weight is 436 g/mol. The molecule has 1 atom stereocenters. The number of carbonyl (C=O) groups is 1. The van der Waals surface area contributed by atoms with Gasteiger partial charge in [0.25, 0.3) is 0 Å². The summed E-state index contributed by atoms with van der Waals surface area (Å²) in [4.78, 5) is 17.4. The molecule has 2 saturated heterocycles. The summed E-state index contributed by atoms with van der Waals surface area (Å²) in [5.41, 5.74) is 2.63. The lowest BCUT2D eigenvalue weighted by atomic mass is 9.87. The molecule has 0 aliphatic carbocycles. The predicted octanol–water partition coefficient (Wildman–Crippen LogP) is 3.62. The van der Waals surface area contributed by atoms with E-state index >= 15 is 0 Å². The molecule has 29 heavy (non-hydrogen) atoms. The van der Waals surface area contributed by atoms with E-state index in [0.29, 0.717) is 11.8 Å². The molecule has 2 heterocycles. The second kappa shape index (κ2) is 11.0. The normalized spacial score (nSPS) is 18.3. The van der Waals surface area contributed by atoms with Crippen molar-refractivity contribution in [1.82, 2.24) is 15.1 Å². The molecule has 158 valence electrons. The van der Waals surface area contributed by atoms with Crippen LogP contribution in [0.3, 0.4) is 0 Å². The zero-order valence-corrected chi connectivity index (χ0v) is 18.5. The molecule has 1 amide bonds. The van der Waals surface area contributed by atoms with E-state index in [1.165, 1.54) is 11.1 Å². The number of piperazine rings is 1. The van der Waals surface area contributed by atoms with Gasteiger partial charge in [0.15, 0.2) is 0 Å². The molecule has 2 aromatic rings. The van der Waals surface area contributed by atoms with Crippen molar-refractivity contribution < 1.29 is 4.79 Å². The van der Waals surface area contributed by atoms with Gasteiger partial charge in [-0.3, -0.25) is 9.69 Å². The van der Waals surface area contributed by atoms with Crippen LogP contribution in [-0.2, 0) is 4.79 Å². The van der Waals surface area contributed by atoms with Crippen molar-refractivity contribution in [3.05, 3.63) is 71.8 Å². The predicted molar refractivity (Wildman–Crippen MR) is 123 cm³/mol. The van der Waals surface area contributed by atoms with Gasteiger partial charge < -0.3 is 10.2 Å². The molecule has 2 fully saturated rings. The molecule has 4 rings (SSSR count). The van der Waals surface area contributed by atoms with E-state index in [2.05, 4.69) is 82.7 Å². The standard InChI is InChI=1S/C23H29N3O.2ClH/c1-18(21-16-24-17-21)23(27)26-14-12-25(13-15-26)22(19-8-4-2-5-9-19)20-10-6-3-7-11-20;;/h2-11,18,21-22,24H,12-17H2,1H3;2*1H. The van der Waals surface area contributed by atoms with E-state index in [9.17, 15) is 4.79 Å². The number of amides is 1. The van der Waals surface area contributed by atoms with Gasteiger partial charge in [-0.05, 0) is 30.1 Å². The maximum absolute atomic E-state index is 12.8. The number of benzene rings is 2. The van der Waals surface area contributed by atoms with Crippen molar-refractivity contribution in [2.75, 3.05) is 39.3 Å². The largest absolute Gasteiger partial charge is 0.340 e. The van der Waals surface area contributed by atoms with E-state index in [-0.39, 0.29) is 36.8 Å². The van der Waals surface area contributed by atoms with Crippen molar-refractivity contribution in [2.24, 2.45) is 11.8 Å². The van der Waals surface area contributed by atoms with E-state index in [1.54, 1.807) is 0 Å². The first-order valence-corrected chi connectivity index (χ1v) is 10.1. The summed E-state index contributed by atoms with van der Waals surface area (Å²) in [5.74, 6) is 0.978. The number of halogens is 2. The first-order chi connectivity index (χ1) is 13.2. The van der Waals surface area contributed by atoms with Gasteiger partial charge in [0.1, 0.15) is 0 Å². The summed E-state index contributed by atoms with van der Waals surface area (Å²) in [5, 5.41) is 3.28. The quantitative estimate of drug-likeness (QED) is 0.778. The van der Waals surface area contributed by atoms with Crippen LogP contribution >= 0.6 is 24.8 Å². The van der Waals surface area contributed by atoms with Crippen LogP contribution in [0.2, 0.25) is 0 Å². The van der Waals surface area contributed by atoms with Crippen LogP contribution in [0.15, 0.2) is 60.7 Å². The Morgan fingerprint density at radius 3 is 1.76 bits per heavy atom. The van der Waals surface area contributed by atoms with Gasteiger partial charge in [0.2, 0.25) is 5.91 Å². The lowest BCUT2D eigenvalue weighted by Crippen LogP contribution is -2.54. The molecule has 0 aromatic heterocycles. The lowest BCUT2D eigenvalue weighted by molar-refractivity contribution is -0.139. The minimum absolute atomic E-state index is 0. The van der Waals surface area contributed by atoms with E-state index in [1.807, 2.05) is 0 Å². The van der Waals surface area contributed by atoms with Gasteiger partial charge in [0, 0.05) is 32.1 Å². The Morgan fingerprint density at radius 2 is 1.34 bits per heavy atom. The summed E-state index contributed by atoms with van der Waals surface area (Å²) < 4.78 is 0. The van der Waals surface area contributed by atoms with Gasteiger partial charge in [-0.1, -0.05) is 67.6 Å². The second-order valence-electron chi connectivity index (χ2n) is 7.79. The molecular formula is C23H31Cl2N3O. The molecule has 2 aromatic carbocycles. The Morgan fingerprint density at radius 1 is 0.862 bits per heavy atom. The topological polar surface area (TPSA) is 35.6 Å². The van der Waals surface area contributed by atoms with E-state index in [0.717, 1.165) is 39.3 Å². The number of carbonyl (C=O) groups excluding carboxylic acids is 1. The van der Waals surface area contributed by atoms with Crippen molar-refractivity contribution in [1.29, 1.82) is 0 Å². The minimum Gasteiger partial charge on any atom is -0.340 e. The van der Waals surface area contributed by atoms with Gasteiger partial charge in [-0.15, -0.1) is 24.8 Å². The summed E-state index contributed by atoms with van der Waals surface area (Å²) in [6.45, 7) is 7.52. The second-order valence-corrected chi connectivity index (χ2v) is 7.79. The lowest BCUT2D eigenvalue weighted by Gasteiger charge is -2.42. The van der Waals surface area contributed by atoms with Crippen LogP contribution in [0, 0.1) is 11.8 Å². The van der Waals surface area contributed by atoms with Gasteiger partial charge in [-0.25, -0.2) is 0 Å². The van der Waals surface area contributed by atoms with Crippen molar-refractivity contribution in [3.63, 3.8) is 0 Å². The maximum Gasteiger partial charge on any atom is 0.225 e. The Bertz CT molecular complexity index is 708. The van der Waals surface area contributed by atoms with Crippen LogP contribution in [0.5, 0.6) is 0 Å². The summed E-state index contributed by atoms with van der Waals surface area (Å²) >= 11 is 0. The van der Waals surface area contributed by atoms with Crippen LogP contribution < -0.4 is 5.32 Å². The maximum atomic E-state index is 12.8. The fourth-order valence-electron chi connectivity index (χ4n) is 4.24. The highest BCUT2D eigenvalue weighted by Crippen LogP contribution is 2.30. The fourth-order valence-corrected chi connectivity index (χ4v) is 4.24. The average Bonchev–Trinajstić information content (AvgIpc) is 2.68. The fraction of sp³-hybridized carbons (Fsp3) is 0.435. The molecule has 2 aliphatic rings. The number of hydrogen-bond acceptors (Lipinski definition) is 3. The molecule has 4 nitrogen and oxygen atoms in total. The van der Waals surface area contributed by atoms with Crippen molar-refractivity contribution in [2.45, 2.75) is 13.0 Å². The summed E-state index contributed by atoms with van der Waals surface area (Å²) in [6, 6.07) is 21.7. The number of nitrogens with one attached hydrogen (secondary N) is 1. The first-order valence-electron chi connectivity index (χ1n) is 10.1. The number of nitrogens with zero attached hydrogens (tertiary/aromatic N) is 2. The SMILES string of the molecule is CC(C(=O)N1CCN(C(c2ccccc2)c2ccccc2)CC1)C1CNC1.Cl.Cl. The monoisotopic (exact) mass is 435 g/mol. The third-order valence-electron chi connectivity index (χ3n) is 6.13. The third kappa shape index (κ3) is 5.32. The molecule has 2 aliphatic heterocycles. The number of hydrogen-bond donors (Lipinski definition) is 1. The Kier molecular flexibility index (Phi) is 8.97. The zero-order valence-electron chi connectivity index (χ0n) is 16.9. The molecule has 0 radical (unpaired) electrons. The highest BCUT2D eigenvalue weighted by molar-refractivity contribution is 5.85. The van der Waals surface area contributed by atoms with E-state index in [4.69, 9.17) is 0 Å². The molecular weight excluding hydrogens is 405 g/mol. The third-order valence-corrected chi connectivity index (χ3v) is 6.13. The molecule has 1 N–H and O–H groups in total. The van der Waals surface area contributed by atoms with Crippen LogP contribution in [0.25, 0.3) is 0 Å². The summed E-state index contributed by atoms with van der Waals surface area (Å²) in [7, 11) is 0. The molecule has 1 unspecified atom stereocenters. The van der Waals surface area contributed by atoms with Crippen molar-refractivity contribution in [3.8, 4) is 0 Å². The first kappa shape index (κ1) is 23.7. The molecule has 0 saturated carbocycles. The van der Waals surface area contributed by atoms with Crippen molar-refractivity contribution >= 4 is 30.7 Å². The molecule has 0 bridgehead atoms. The van der Waals surface area contributed by atoms with Gasteiger partial charge >= 0.3 is 0 Å². The minimum atomic E-state index is 0.